The number of carbonyl (C=O) groups is 1. The Morgan fingerprint density at radius 3 is 2.73 bits per heavy atom. The summed E-state index contributed by atoms with van der Waals surface area (Å²) in [6.07, 6.45) is 1.31. The zero-order valence-corrected chi connectivity index (χ0v) is 12.7. The molecule has 0 saturated carbocycles. The molecule has 7 heteroatoms. The first kappa shape index (κ1) is 14.3. The van der Waals surface area contributed by atoms with Gasteiger partial charge in [0.15, 0.2) is 5.71 Å². The van der Waals surface area contributed by atoms with Gasteiger partial charge in [0.25, 0.3) is 5.91 Å². The van der Waals surface area contributed by atoms with E-state index in [0.29, 0.717) is 16.8 Å². The fourth-order valence-electron chi connectivity index (χ4n) is 2.01. The van der Waals surface area contributed by atoms with Gasteiger partial charge in [0.1, 0.15) is 11.5 Å². The van der Waals surface area contributed by atoms with Gasteiger partial charge >= 0.3 is 0 Å². The molecule has 110 valence electrons. The Kier molecular flexibility index (Phi) is 3.64. The molecule has 1 aliphatic rings. The van der Waals surface area contributed by atoms with Crippen LogP contribution in [-0.4, -0.2) is 28.0 Å². The number of fused-ring (bicyclic) bond motifs is 1. The van der Waals surface area contributed by atoms with Gasteiger partial charge in [-0.05, 0) is 30.3 Å². The Morgan fingerprint density at radius 1 is 1.14 bits per heavy atom. The van der Waals surface area contributed by atoms with Crippen molar-refractivity contribution in [1.29, 1.82) is 0 Å². The summed E-state index contributed by atoms with van der Waals surface area (Å²) in [7, 11) is 0. The van der Waals surface area contributed by atoms with Gasteiger partial charge in [-0.3, -0.25) is 4.79 Å². The molecule has 1 heterocycles. The van der Waals surface area contributed by atoms with Crippen LogP contribution in [0.4, 0.5) is 5.69 Å². The standard InChI is InChI=1S/C15H10BrN3O3/c16-9-2-4-12-11(5-9)14(15(22)18-12)19-17-7-8-1-3-10(20)6-13(8)21/h1-7,20-21H,(H,18,19,22)/b17-7+. The first-order valence-corrected chi connectivity index (χ1v) is 7.08. The number of anilines is 1. The molecule has 0 spiro atoms. The van der Waals surface area contributed by atoms with Crippen LogP contribution in [0.25, 0.3) is 0 Å². The van der Waals surface area contributed by atoms with Crippen molar-refractivity contribution in [2.24, 2.45) is 10.2 Å². The number of hydrogen-bond acceptors (Lipinski definition) is 5. The normalized spacial score (nSPS) is 15.3. The summed E-state index contributed by atoms with van der Waals surface area (Å²) in [6, 6.07) is 9.48. The largest absolute Gasteiger partial charge is 0.508 e. The molecule has 0 aliphatic carbocycles. The van der Waals surface area contributed by atoms with E-state index in [2.05, 4.69) is 31.4 Å². The minimum Gasteiger partial charge on any atom is -0.508 e. The molecule has 0 atom stereocenters. The summed E-state index contributed by atoms with van der Waals surface area (Å²) in [5, 5.41) is 29.3. The highest BCUT2D eigenvalue weighted by Gasteiger charge is 2.26. The number of phenolic OH excluding ortho intramolecular Hbond substituents is 2. The molecule has 3 rings (SSSR count). The molecule has 3 N–H and O–H groups in total. The van der Waals surface area contributed by atoms with Gasteiger partial charge in [-0.2, -0.15) is 5.10 Å². The Hall–Kier alpha value is -2.67. The third kappa shape index (κ3) is 2.71. The fraction of sp³-hybridized carbons (Fsp3) is 0. The summed E-state index contributed by atoms with van der Waals surface area (Å²) in [4.78, 5) is 11.9. The highest BCUT2D eigenvalue weighted by Crippen LogP contribution is 2.27. The SMILES string of the molecule is O=C1Nc2ccc(Br)cc2/C1=N/N=C/c1ccc(O)cc1O. The van der Waals surface area contributed by atoms with Crippen LogP contribution in [0.1, 0.15) is 11.1 Å². The van der Waals surface area contributed by atoms with Crippen LogP contribution in [0.2, 0.25) is 0 Å². The number of amides is 1. The number of aromatic hydroxyl groups is 2. The van der Waals surface area contributed by atoms with Gasteiger partial charge in [0.2, 0.25) is 0 Å². The van der Waals surface area contributed by atoms with E-state index < -0.39 is 0 Å². The molecule has 1 aliphatic heterocycles. The average molecular weight is 360 g/mol. The smallest absolute Gasteiger partial charge is 0.276 e. The number of nitrogens with one attached hydrogen (secondary N) is 1. The zero-order valence-electron chi connectivity index (χ0n) is 11.1. The lowest BCUT2D eigenvalue weighted by atomic mass is 10.1. The molecule has 0 aromatic heterocycles. The lowest BCUT2D eigenvalue weighted by Crippen LogP contribution is -2.13. The van der Waals surface area contributed by atoms with Crippen LogP contribution in [-0.2, 0) is 4.79 Å². The van der Waals surface area contributed by atoms with Crippen LogP contribution < -0.4 is 5.32 Å². The minimum absolute atomic E-state index is 0.0464. The highest BCUT2D eigenvalue weighted by atomic mass is 79.9. The summed E-state index contributed by atoms with van der Waals surface area (Å²) in [5.74, 6) is -0.502. The molecule has 0 unspecified atom stereocenters. The van der Waals surface area contributed by atoms with Crippen molar-refractivity contribution in [2.45, 2.75) is 0 Å². The molecular formula is C15H10BrN3O3. The van der Waals surface area contributed by atoms with E-state index in [0.717, 1.165) is 4.47 Å². The molecule has 22 heavy (non-hydrogen) atoms. The lowest BCUT2D eigenvalue weighted by Gasteiger charge is -1.98. The molecule has 0 fully saturated rings. The molecule has 0 bridgehead atoms. The molecule has 2 aromatic rings. The van der Waals surface area contributed by atoms with Gasteiger partial charge < -0.3 is 15.5 Å². The molecule has 1 amide bonds. The second-order valence-electron chi connectivity index (χ2n) is 4.58. The van der Waals surface area contributed by atoms with Crippen LogP contribution >= 0.6 is 15.9 Å². The van der Waals surface area contributed by atoms with Crippen LogP contribution in [0.5, 0.6) is 11.5 Å². The van der Waals surface area contributed by atoms with Crippen molar-refractivity contribution in [3.63, 3.8) is 0 Å². The Bertz CT molecular complexity index is 831. The van der Waals surface area contributed by atoms with E-state index in [9.17, 15) is 15.0 Å². The Labute approximate surface area is 134 Å². The molecular weight excluding hydrogens is 350 g/mol. The van der Waals surface area contributed by atoms with E-state index >= 15 is 0 Å². The number of nitrogens with zero attached hydrogens (tertiary/aromatic N) is 2. The summed E-state index contributed by atoms with van der Waals surface area (Å²) in [6.45, 7) is 0. The molecule has 2 aromatic carbocycles. The number of hydrogen-bond donors (Lipinski definition) is 3. The fourth-order valence-corrected chi connectivity index (χ4v) is 2.38. The molecule has 6 nitrogen and oxygen atoms in total. The van der Waals surface area contributed by atoms with Crippen LogP contribution in [0.15, 0.2) is 51.1 Å². The second kappa shape index (κ2) is 5.61. The number of carbonyl (C=O) groups excluding carboxylic acids is 1. The zero-order chi connectivity index (χ0) is 15.7. The van der Waals surface area contributed by atoms with Crippen molar-refractivity contribution in [3.05, 3.63) is 52.0 Å². The van der Waals surface area contributed by atoms with Gasteiger partial charge in [0.05, 0.1) is 11.9 Å². The summed E-state index contributed by atoms with van der Waals surface area (Å²) in [5.41, 5.74) is 1.92. The predicted octanol–water partition coefficient (Wildman–Crippen LogP) is 2.64. The van der Waals surface area contributed by atoms with Crippen molar-refractivity contribution in [2.75, 3.05) is 5.32 Å². The lowest BCUT2D eigenvalue weighted by molar-refractivity contribution is -0.110. The predicted molar refractivity (Wildman–Crippen MR) is 86.7 cm³/mol. The van der Waals surface area contributed by atoms with Crippen molar-refractivity contribution >= 4 is 39.5 Å². The van der Waals surface area contributed by atoms with E-state index in [-0.39, 0.29) is 23.1 Å². The topological polar surface area (TPSA) is 94.3 Å². The highest BCUT2D eigenvalue weighted by molar-refractivity contribution is 9.10. The monoisotopic (exact) mass is 359 g/mol. The van der Waals surface area contributed by atoms with E-state index in [4.69, 9.17) is 0 Å². The van der Waals surface area contributed by atoms with Crippen LogP contribution in [0.3, 0.4) is 0 Å². The minimum atomic E-state index is -0.333. The van der Waals surface area contributed by atoms with Gasteiger partial charge in [-0.15, -0.1) is 5.10 Å². The Morgan fingerprint density at radius 2 is 1.95 bits per heavy atom. The van der Waals surface area contributed by atoms with Crippen molar-refractivity contribution in [3.8, 4) is 11.5 Å². The van der Waals surface area contributed by atoms with E-state index in [1.54, 1.807) is 12.1 Å². The number of rotatable bonds is 2. The summed E-state index contributed by atoms with van der Waals surface area (Å²) < 4.78 is 0.829. The van der Waals surface area contributed by atoms with Gasteiger partial charge in [0, 0.05) is 21.7 Å². The van der Waals surface area contributed by atoms with Crippen LogP contribution in [0, 0.1) is 0 Å². The van der Waals surface area contributed by atoms with Gasteiger partial charge in [-0.1, -0.05) is 15.9 Å². The van der Waals surface area contributed by atoms with Crippen molar-refractivity contribution < 1.29 is 15.0 Å². The summed E-state index contributed by atoms with van der Waals surface area (Å²) >= 11 is 3.34. The van der Waals surface area contributed by atoms with E-state index in [1.165, 1.54) is 24.4 Å². The number of benzene rings is 2. The third-order valence-electron chi connectivity index (χ3n) is 3.07. The molecule has 0 saturated heterocycles. The number of phenols is 2. The molecule has 0 radical (unpaired) electrons. The van der Waals surface area contributed by atoms with Gasteiger partial charge in [-0.25, -0.2) is 0 Å². The quantitative estimate of drug-likeness (QED) is 0.568. The maximum absolute atomic E-state index is 11.9. The van der Waals surface area contributed by atoms with E-state index in [1.807, 2.05) is 6.07 Å². The first-order chi connectivity index (χ1) is 10.5. The second-order valence-corrected chi connectivity index (χ2v) is 5.50. The van der Waals surface area contributed by atoms with Crippen molar-refractivity contribution in [1.82, 2.24) is 0 Å². The number of halogens is 1. The Balaban J connectivity index is 1.91. The third-order valence-corrected chi connectivity index (χ3v) is 3.56. The maximum atomic E-state index is 11.9. The first-order valence-electron chi connectivity index (χ1n) is 6.29. The average Bonchev–Trinajstić information content (AvgIpc) is 2.77. The maximum Gasteiger partial charge on any atom is 0.276 e.